The Labute approximate surface area is 283 Å². The number of carbonyl (C=O) groups is 1. The Morgan fingerprint density at radius 3 is 1.64 bits per heavy atom. The van der Waals surface area contributed by atoms with Crippen LogP contribution in [0.2, 0.25) is 0 Å². The maximum absolute atomic E-state index is 11.1. The summed E-state index contributed by atoms with van der Waals surface area (Å²) in [6, 6.07) is 4.40. The number of hydrogen-bond donors (Lipinski definition) is 0. The molecule has 0 spiro atoms. The molecule has 3 heteroatoms. The van der Waals surface area contributed by atoms with Crippen molar-refractivity contribution in [2.24, 2.45) is 0 Å². The lowest BCUT2D eigenvalue weighted by Crippen LogP contribution is -2.30. The predicted octanol–water partition coefficient (Wildman–Crippen LogP) is 13.8. The lowest BCUT2D eigenvalue weighted by Gasteiger charge is -2.35. The van der Waals surface area contributed by atoms with Gasteiger partial charge in [0, 0.05) is 30.8 Å². The minimum atomic E-state index is -0.101. The summed E-state index contributed by atoms with van der Waals surface area (Å²) >= 11 is 0. The second-order valence-electron chi connectivity index (χ2n) is 12.9. The van der Waals surface area contributed by atoms with Gasteiger partial charge in [-0.05, 0) is 76.0 Å². The Hall–Kier alpha value is -2.03. The van der Waals surface area contributed by atoms with Gasteiger partial charge in [-0.2, -0.15) is 0 Å². The number of ether oxygens (including phenoxy) is 1. The van der Waals surface area contributed by atoms with Crippen molar-refractivity contribution in [3.63, 3.8) is 0 Å². The van der Waals surface area contributed by atoms with Gasteiger partial charge in [-0.15, -0.1) is 0 Å². The van der Waals surface area contributed by atoms with Crippen molar-refractivity contribution < 1.29 is 9.53 Å². The van der Waals surface area contributed by atoms with E-state index in [2.05, 4.69) is 78.7 Å². The lowest BCUT2D eigenvalue weighted by molar-refractivity contribution is -0.117. The van der Waals surface area contributed by atoms with Crippen molar-refractivity contribution in [2.45, 2.75) is 192 Å². The van der Waals surface area contributed by atoms with Crippen molar-refractivity contribution in [1.82, 2.24) is 4.90 Å². The van der Waals surface area contributed by atoms with Crippen LogP contribution in [0.3, 0.4) is 0 Å². The van der Waals surface area contributed by atoms with E-state index in [1.165, 1.54) is 99.4 Å². The van der Waals surface area contributed by atoms with Gasteiger partial charge in [0.15, 0.2) is 0 Å². The van der Waals surface area contributed by atoms with Crippen LogP contribution in [0.4, 0.5) is 0 Å². The molecule has 0 radical (unpaired) electrons. The molecule has 0 saturated heterocycles. The molecule has 0 unspecified atom stereocenters. The van der Waals surface area contributed by atoms with Gasteiger partial charge in [-0.3, -0.25) is 0 Å². The summed E-state index contributed by atoms with van der Waals surface area (Å²) in [5, 5.41) is 0. The van der Waals surface area contributed by atoms with E-state index in [4.69, 9.17) is 4.74 Å². The number of carbonyl (C=O) groups excluding carboxylic acids is 1. The summed E-state index contributed by atoms with van der Waals surface area (Å²) in [5.41, 5.74) is 4.88. The first-order valence-corrected chi connectivity index (χ1v) is 18.8. The van der Waals surface area contributed by atoms with Crippen LogP contribution < -0.4 is 4.74 Å². The number of nitrogens with zero attached hydrogens (tertiary/aromatic N) is 1. The van der Waals surface area contributed by atoms with E-state index in [0.29, 0.717) is 5.78 Å². The monoisotopic (exact) mass is 630 g/mol. The van der Waals surface area contributed by atoms with E-state index in [1.54, 1.807) is 6.92 Å². The topological polar surface area (TPSA) is 29.5 Å². The molecule has 1 aromatic rings. The molecule has 0 heterocycles. The molecule has 0 N–H and O–H groups in total. The number of unbranched alkanes of at least 4 members (excludes halogenated alkanes) is 10. The van der Waals surface area contributed by atoms with E-state index >= 15 is 0 Å². The molecule has 0 aromatic heterocycles. The molecule has 1 rings (SSSR count). The van der Waals surface area contributed by atoms with Crippen LogP contribution in [0.5, 0.6) is 5.75 Å². The third kappa shape index (κ3) is 24.8. The van der Waals surface area contributed by atoms with Crippen LogP contribution in [0.1, 0.15) is 189 Å². The second kappa shape index (κ2) is 30.6. The maximum atomic E-state index is 11.1. The smallest absolute Gasteiger partial charge is 0.131 e. The Balaban J connectivity index is -0.00000232. The number of hydrogen-bond acceptors (Lipinski definition) is 3. The van der Waals surface area contributed by atoms with Crippen molar-refractivity contribution in [2.75, 3.05) is 13.1 Å². The van der Waals surface area contributed by atoms with Crippen LogP contribution in [0, 0.1) is 13.8 Å². The number of ketones is 1. The quantitative estimate of drug-likeness (QED) is 0.0944. The number of aryl methyl sites for hydroxylation is 2. The summed E-state index contributed by atoms with van der Waals surface area (Å²) in [6.07, 6.45) is 17.9. The summed E-state index contributed by atoms with van der Waals surface area (Å²) in [5.74, 6) is 1.97. The summed E-state index contributed by atoms with van der Waals surface area (Å²) < 4.78 is 6.12. The van der Waals surface area contributed by atoms with Gasteiger partial charge in [-0.1, -0.05) is 146 Å². The van der Waals surface area contributed by atoms with E-state index in [9.17, 15) is 4.79 Å². The number of rotatable bonds is 22. The van der Waals surface area contributed by atoms with E-state index in [-0.39, 0.29) is 5.41 Å². The molecule has 3 nitrogen and oxygen atoms in total. The van der Waals surface area contributed by atoms with Gasteiger partial charge in [0.1, 0.15) is 11.5 Å². The fourth-order valence-corrected chi connectivity index (χ4v) is 5.67. The van der Waals surface area contributed by atoms with Crippen molar-refractivity contribution in [1.29, 1.82) is 0 Å². The second-order valence-corrected chi connectivity index (χ2v) is 12.9. The number of allylic oxidation sites excluding steroid dienone is 2. The van der Waals surface area contributed by atoms with Crippen LogP contribution in [0.25, 0.3) is 0 Å². The summed E-state index contributed by atoms with van der Waals surface area (Å²) in [4.78, 5) is 13.7. The van der Waals surface area contributed by atoms with Gasteiger partial charge in [-0.25, -0.2) is 0 Å². The van der Waals surface area contributed by atoms with E-state index in [1.807, 2.05) is 34.6 Å². The molecule has 0 saturated carbocycles. The fourth-order valence-electron chi connectivity index (χ4n) is 5.67. The third-order valence-corrected chi connectivity index (χ3v) is 7.49. The molecule has 1 aromatic carbocycles. The highest BCUT2D eigenvalue weighted by Crippen LogP contribution is 2.40. The van der Waals surface area contributed by atoms with Crippen molar-refractivity contribution >= 4 is 5.78 Å². The average molecular weight is 630 g/mol. The third-order valence-electron chi connectivity index (χ3n) is 7.49. The van der Waals surface area contributed by atoms with Gasteiger partial charge >= 0.3 is 0 Å². The van der Waals surface area contributed by atoms with Gasteiger partial charge in [0.05, 0.1) is 5.76 Å². The predicted molar refractivity (Wildman–Crippen MR) is 205 cm³/mol. The molecule has 0 atom stereocenters. The molecular formula is C42H79NO2. The molecule has 0 aliphatic heterocycles. The first kappa shape index (κ1) is 47.4. The average Bonchev–Trinajstić information content (AvgIpc) is 2.96. The number of Topliss-reactive ketones (excluding diaryl/α,β-unsaturated/α-hetero) is 1. The van der Waals surface area contributed by atoms with Crippen LogP contribution in [-0.2, 0) is 10.2 Å². The Morgan fingerprint density at radius 1 is 0.756 bits per heavy atom. The Bertz CT molecular complexity index is 883. The molecule has 45 heavy (non-hydrogen) atoms. The zero-order chi connectivity index (χ0) is 35.3. The van der Waals surface area contributed by atoms with Crippen LogP contribution in [0.15, 0.2) is 36.7 Å². The molecule has 0 amide bonds. The highest BCUT2D eigenvalue weighted by Gasteiger charge is 2.29. The zero-order valence-electron chi connectivity index (χ0n) is 32.9. The zero-order valence-corrected chi connectivity index (χ0v) is 32.9. The van der Waals surface area contributed by atoms with E-state index < -0.39 is 0 Å². The minimum absolute atomic E-state index is 0.101. The fraction of sp³-hybridized carbons (Fsp3) is 0.738. The van der Waals surface area contributed by atoms with Crippen LogP contribution in [-0.4, -0.2) is 23.8 Å². The van der Waals surface area contributed by atoms with Crippen molar-refractivity contribution in [3.8, 4) is 5.75 Å². The molecule has 0 aliphatic rings. The minimum Gasteiger partial charge on any atom is -0.462 e. The Morgan fingerprint density at radius 2 is 1.20 bits per heavy atom. The first-order valence-electron chi connectivity index (χ1n) is 18.8. The standard InChI is InChI=1S/C35H59NO2.C3H8.2C2H6/c1-10-11-12-13-17-20-23-36(24-21-18-15-14-16-19-22-32(7)37)31(6)27-35(8,9)34-30(5)25-29(4)26-33(34)38-28(2)3;1-3-2;2*1-2/h25-26H,2,6,10-24,27H2,1,3-5,7-9H3;3H2,1-2H3;2*1-2H3. The van der Waals surface area contributed by atoms with Crippen LogP contribution >= 0.6 is 0 Å². The molecular weight excluding hydrogens is 550 g/mol. The number of benzene rings is 1. The SMILES string of the molecule is C=C(C)Oc1cc(C)cc(C)c1C(C)(C)CC(=C)N(CCCCCCCC)CCCCCCCCC(C)=O.CC.CC.CCC. The maximum Gasteiger partial charge on any atom is 0.131 e. The first-order chi connectivity index (χ1) is 21.4. The van der Waals surface area contributed by atoms with Gasteiger partial charge in [0.25, 0.3) is 0 Å². The highest BCUT2D eigenvalue weighted by atomic mass is 16.5. The molecule has 0 fully saturated rings. The summed E-state index contributed by atoms with van der Waals surface area (Å²) in [7, 11) is 0. The largest absolute Gasteiger partial charge is 0.462 e. The summed E-state index contributed by atoms with van der Waals surface area (Å²) in [6.45, 7) is 37.9. The van der Waals surface area contributed by atoms with E-state index in [0.717, 1.165) is 43.9 Å². The normalized spacial score (nSPS) is 10.3. The molecule has 0 bridgehead atoms. The highest BCUT2D eigenvalue weighted by molar-refractivity contribution is 5.75. The molecule has 264 valence electrons. The van der Waals surface area contributed by atoms with Crippen molar-refractivity contribution in [3.05, 3.63) is 53.4 Å². The molecule has 0 aliphatic carbocycles. The van der Waals surface area contributed by atoms with Gasteiger partial charge in [0.2, 0.25) is 0 Å². The van der Waals surface area contributed by atoms with Gasteiger partial charge < -0.3 is 14.4 Å². The lowest BCUT2D eigenvalue weighted by atomic mass is 9.77. The Kier molecular flexibility index (Phi) is 32.2.